The molecule has 0 unspecified atom stereocenters. The molecule has 0 aromatic carbocycles. The van der Waals surface area contributed by atoms with Crippen LogP contribution in [0.2, 0.25) is 0 Å². The minimum absolute atomic E-state index is 0.175. The largest absolute Gasteiger partial charge is 0.393 e. The second-order valence-electron chi connectivity index (χ2n) is 5.40. The van der Waals surface area contributed by atoms with Crippen LogP contribution in [0.25, 0.3) is 0 Å². The van der Waals surface area contributed by atoms with Gasteiger partial charge in [-0.1, -0.05) is 25.5 Å². The Balaban J connectivity index is 2.24. The summed E-state index contributed by atoms with van der Waals surface area (Å²) in [5, 5.41) is 9.74. The van der Waals surface area contributed by atoms with Gasteiger partial charge in [-0.25, -0.2) is 0 Å². The van der Waals surface area contributed by atoms with Crippen molar-refractivity contribution in [2.75, 3.05) is 0 Å². The van der Waals surface area contributed by atoms with Crippen molar-refractivity contribution in [3.8, 4) is 0 Å². The first-order valence-electron chi connectivity index (χ1n) is 5.31. The summed E-state index contributed by atoms with van der Waals surface area (Å²) in [5.41, 5.74) is 1.87. The Kier molecular flexibility index (Phi) is 1.85. The molecule has 74 valence electrons. The zero-order valence-electron chi connectivity index (χ0n) is 9.04. The monoisotopic (exact) mass is 180 g/mol. The van der Waals surface area contributed by atoms with Gasteiger partial charge in [-0.05, 0) is 37.5 Å². The lowest BCUT2D eigenvalue weighted by atomic mass is 9.84. The SMILES string of the molecule is CC1=CC[C@@H]2[C@@H]([C@@H]1[C@H](C)O)C2(C)C. The summed E-state index contributed by atoms with van der Waals surface area (Å²) in [5.74, 6) is 1.99. The molecule has 1 heteroatoms. The third-order valence-corrected chi connectivity index (χ3v) is 4.27. The van der Waals surface area contributed by atoms with Crippen LogP contribution >= 0.6 is 0 Å². The van der Waals surface area contributed by atoms with Crippen molar-refractivity contribution in [2.24, 2.45) is 23.2 Å². The highest BCUT2D eigenvalue weighted by Crippen LogP contribution is 2.67. The van der Waals surface area contributed by atoms with Gasteiger partial charge in [0.2, 0.25) is 0 Å². The van der Waals surface area contributed by atoms with Crippen molar-refractivity contribution < 1.29 is 5.11 Å². The Bertz CT molecular complexity index is 250. The van der Waals surface area contributed by atoms with Gasteiger partial charge in [-0.2, -0.15) is 0 Å². The molecule has 0 heterocycles. The van der Waals surface area contributed by atoms with E-state index in [4.69, 9.17) is 0 Å². The topological polar surface area (TPSA) is 20.2 Å². The molecule has 2 aliphatic carbocycles. The molecule has 2 aliphatic rings. The van der Waals surface area contributed by atoms with E-state index in [-0.39, 0.29) is 6.10 Å². The fourth-order valence-electron chi connectivity index (χ4n) is 3.36. The Morgan fingerprint density at radius 2 is 2.15 bits per heavy atom. The molecule has 0 aromatic rings. The van der Waals surface area contributed by atoms with Gasteiger partial charge in [-0.15, -0.1) is 0 Å². The van der Waals surface area contributed by atoms with Crippen molar-refractivity contribution in [3.63, 3.8) is 0 Å². The van der Waals surface area contributed by atoms with Crippen molar-refractivity contribution in [3.05, 3.63) is 11.6 Å². The van der Waals surface area contributed by atoms with Crippen LogP contribution in [0.4, 0.5) is 0 Å². The summed E-state index contributed by atoms with van der Waals surface area (Å²) in [4.78, 5) is 0. The molecule has 0 radical (unpaired) electrons. The lowest BCUT2D eigenvalue weighted by Crippen LogP contribution is -2.23. The summed E-state index contributed by atoms with van der Waals surface area (Å²) in [6.07, 6.45) is 3.38. The number of rotatable bonds is 1. The van der Waals surface area contributed by atoms with Gasteiger partial charge in [0.25, 0.3) is 0 Å². The Morgan fingerprint density at radius 1 is 1.54 bits per heavy atom. The normalized spacial score (nSPS) is 43.5. The van der Waals surface area contributed by atoms with Gasteiger partial charge in [0.1, 0.15) is 0 Å². The molecule has 4 atom stereocenters. The smallest absolute Gasteiger partial charge is 0.0580 e. The first kappa shape index (κ1) is 9.26. The first-order chi connectivity index (χ1) is 5.96. The highest BCUT2D eigenvalue weighted by molar-refractivity contribution is 5.24. The number of aliphatic hydroxyl groups excluding tert-OH is 1. The quantitative estimate of drug-likeness (QED) is 0.615. The van der Waals surface area contributed by atoms with Crippen LogP contribution in [0.3, 0.4) is 0 Å². The van der Waals surface area contributed by atoms with Crippen molar-refractivity contribution in [1.29, 1.82) is 0 Å². The molecule has 0 aliphatic heterocycles. The minimum Gasteiger partial charge on any atom is -0.393 e. The fraction of sp³-hybridized carbons (Fsp3) is 0.833. The number of aliphatic hydroxyl groups is 1. The minimum atomic E-state index is -0.175. The fourth-order valence-corrected chi connectivity index (χ4v) is 3.36. The summed E-state index contributed by atoms with van der Waals surface area (Å²) >= 11 is 0. The lowest BCUT2D eigenvalue weighted by Gasteiger charge is -2.24. The van der Waals surface area contributed by atoms with E-state index in [2.05, 4.69) is 26.8 Å². The summed E-state index contributed by atoms with van der Waals surface area (Å²) < 4.78 is 0. The molecule has 0 amide bonds. The molecular weight excluding hydrogens is 160 g/mol. The second kappa shape index (κ2) is 2.60. The van der Waals surface area contributed by atoms with E-state index in [1.165, 1.54) is 12.0 Å². The van der Waals surface area contributed by atoms with Crippen LogP contribution in [-0.4, -0.2) is 11.2 Å². The van der Waals surface area contributed by atoms with E-state index >= 15 is 0 Å². The lowest BCUT2D eigenvalue weighted by molar-refractivity contribution is 0.121. The molecular formula is C12H20O. The number of hydrogen-bond donors (Lipinski definition) is 1. The standard InChI is InChI=1S/C12H20O/c1-7-5-6-9-11(12(9,3)4)10(7)8(2)13/h5,8-11,13H,6H2,1-4H3/t8-,9+,10-,11-/m0/s1. The molecule has 0 spiro atoms. The summed E-state index contributed by atoms with van der Waals surface area (Å²) in [6.45, 7) is 8.77. The van der Waals surface area contributed by atoms with Crippen LogP contribution < -0.4 is 0 Å². The number of hydrogen-bond acceptors (Lipinski definition) is 1. The van der Waals surface area contributed by atoms with Gasteiger partial charge >= 0.3 is 0 Å². The molecule has 0 aromatic heterocycles. The molecule has 1 saturated carbocycles. The maximum absolute atomic E-state index is 9.74. The van der Waals surface area contributed by atoms with E-state index in [0.717, 1.165) is 11.8 Å². The average Bonchev–Trinajstić information content (AvgIpc) is 2.53. The van der Waals surface area contributed by atoms with Gasteiger partial charge in [-0.3, -0.25) is 0 Å². The van der Waals surface area contributed by atoms with E-state index < -0.39 is 0 Å². The maximum atomic E-state index is 9.74. The van der Waals surface area contributed by atoms with Crippen molar-refractivity contribution >= 4 is 0 Å². The molecule has 0 saturated heterocycles. The zero-order valence-corrected chi connectivity index (χ0v) is 9.04. The third kappa shape index (κ3) is 1.17. The maximum Gasteiger partial charge on any atom is 0.0580 e. The Labute approximate surface area is 80.8 Å². The number of fused-ring (bicyclic) bond motifs is 1. The highest BCUT2D eigenvalue weighted by atomic mass is 16.3. The van der Waals surface area contributed by atoms with Crippen LogP contribution in [0.1, 0.15) is 34.1 Å². The highest BCUT2D eigenvalue weighted by Gasteiger charge is 2.62. The molecule has 0 bridgehead atoms. The van der Waals surface area contributed by atoms with E-state index in [1.807, 2.05) is 6.92 Å². The van der Waals surface area contributed by atoms with E-state index in [9.17, 15) is 5.11 Å². The first-order valence-corrected chi connectivity index (χ1v) is 5.31. The molecule has 1 nitrogen and oxygen atoms in total. The van der Waals surface area contributed by atoms with Gasteiger partial charge in [0.05, 0.1) is 6.10 Å². The van der Waals surface area contributed by atoms with Crippen LogP contribution in [0.15, 0.2) is 11.6 Å². The molecule has 13 heavy (non-hydrogen) atoms. The second-order valence-corrected chi connectivity index (χ2v) is 5.40. The van der Waals surface area contributed by atoms with Crippen LogP contribution in [0, 0.1) is 23.2 Å². The van der Waals surface area contributed by atoms with Gasteiger partial charge in [0.15, 0.2) is 0 Å². The Hall–Kier alpha value is -0.300. The van der Waals surface area contributed by atoms with Crippen molar-refractivity contribution in [2.45, 2.75) is 40.2 Å². The number of allylic oxidation sites excluding steroid dienone is 1. The summed E-state index contributed by atoms with van der Waals surface area (Å²) in [7, 11) is 0. The molecule has 1 fully saturated rings. The van der Waals surface area contributed by atoms with Crippen LogP contribution in [-0.2, 0) is 0 Å². The van der Waals surface area contributed by atoms with E-state index in [1.54, 1.807) is 0 Å². The molecule has 2 rings (SSSR count). The zero-order chi connectivity index (χ0) is 9.80. The van der Waals surface area contributed by atoms with Gasteiger partial charge in [0, 0.05) is 5.92 Å². The van der Waals surface area contributed by atoms with Gasteiger partial charge < -0.3 is 5.11 Å². The Morgan fingerprint density at radius 3 is 2.62 bits per heavy atom. The predicted molar refractivity (Wildman–Crippen MR) is 54.3 cm³/mol. The van der Waals surface area contributed by atoms with Crippen LogP contribution in [0.5, 0.6) is 0 Å². The third-order valence-electron chi connectivity index (χ3n) is 4.27. The average molecular weight is 180 g/mol. The predicted octanol–water partition coefficient (Wildman–Crippen LogP) is 2.61. The van der Waals surface area contributed by atoms with Crippen molar-refractivity contribution in [1.82, 2.24) is 0 Å². The summed E-state index contributed by atoms with van der Waals surface area (Å²) in [6, 6.07) is 0. The van der Waals surface area contributed by atoms with E-state index in [0.29, 0.717) is 11.3 Å². The molecule has 1 N–H and O–H groups in total.